The van der Waals surface area contributed by atoms with Gasteiger partial charge in [-0.2, -0.15) is 0 Å². The van der Waals surface area contributed by atoms with E-state index in [1.807, 2.05) is 85.8 Å². The van der Waals surface area contributed by atoms with Crippen molar-refractivity contribution in [2.24, 2.45) is 4.99 Å². The van der Waals surface area contributed by atoms with Crippen molar-refractivity contribution in [1.29, 1.82) is 0 Å². The molecule has 0 amide bonds. The molecule has 1 aliphatic heterocycles. The molecule has 1 atom stereocenters. The maximum atomic E-state index is 13.9. The normalized spacial score (nSPS) is 14.8. The Kier molecular flexibility index (Phi) is 8.85. The van der Waals surface area contributed by atoms with Crippen LogP contribution in [0.2, 0.25) is 0 Å². The molecule has 210 valence electrons. The number of carbonyl (C=O) groups excluding carboxylic acids is 1. The van der Waals surface area contributed by atoms with E-state index in [4.69, 9.17) is 14.2 Å². The Morgan fingerprint density at radius 3 is 2.44 bits per heavy atom. The molecule has 0 spiro atoms. The largest absolute Gasteiger partial charge is 0.494 e. The molecule has 0 fully saturated rings. The molecule has 0 unspecified atom stereocenters. The highest BCUT2D eigenvalue weighted by atomic mass is 79.9. The molecule has 0 N–H and O–H groups in total. The van der Waals surface area contributed by atoms with Crippen LogP contribution in [0.5, 0.6) is 11.5 Å². The van der Waals surface area contributed by atoms with Crippen LogP contribution < -0.4 is 24.4 Å². The molecule has 5 rings (SSSR count). The maximum absolute atomic E-state index is 13.9. The number of carbonyl (C=O) groups is 1. The predicted molar refractivity (Wildman–Crippen MR) is 163 cm³/mol. The second kappa shape index (κ2) is 12.7. The first-order chi connectivity index (χ1) is 19.9. The van der Waals surface area contributed by atoms with Crippen LogP contribution in [0.3, 0.4) is 0 Å². The fourth-order valence-electron chi connectivity index (χ4n) is 4.64. The number of thiazole rings is 1. The van der Waals surface area contributed by atoms with E-state index in [9.17, 15) is 9.59 Å². The van der Waals surface area contributed by atoms with Gasteiger partial charge in [0.1, 0.15) is 24.1 Å². The summed E-state index contributed by atoms with van der Waals surface area (Å²) in [6, 6.07) is 22.3. The van der Waals surface area contributed by atoms with E-state index in [0.29, 0.717) is 45.1 Å². The number of allylic oxidation sites excluding steroid dienone is 1. The van der Waals surface area contributed by atoms with Crippen molar-refractivity contribution >= 4 is 39.3 Å². The Morgan fingerprint density at radius 2 is 1.73 bits per heavy atom. The van der Waals surface area contributed by atoms with Crippen molar-refractivity contribution in [2.45, 2.75) is 33.4 Å². The minimum absolute atomic E-state index is 0.211. The summed E-state index contributed by atoms with van der Waals surface area (Å²) in [7, 11) is 0. The molecular weight excluding hydrogens is 604 g/mol. The average Bonchev–Trinajstić information content (AvgIpc) is 3.27. The van der Waals surface area contributed by atoms with Crippen molar-refractivity contribution in [3.63, 3.8) is 0 Å². The van der Waals surface area contributed by atoms with Gasteiger partial charge in [-0.3, -0.25) is 9.36 Å². The lowest BCUT2D eigenvalue weighted by molar-refractivity contribution is -0.139. The van der Waals surface area contributed by atoms with Gasteiger partial charge in [0.25, 0.3) is 5.56 Å². The lowest BCUT2D eigenvalue weighted by atomic mass is 9.95. The first-order valence-corrected chi connectivity index (χ1v) is 14.9. The van der Waals surface area contributed by atoms with E-state index in [0.717, 1.165) is 21.3 Å². The van der Waals surface area contributed by atoms with Gasteiger partial charge in [0.05, 0.1) is 29.0 Å². The smallest absolute Gasteiger partial charge is 0.338 e. The SMILES string of the molecule is CCOC(=O)C1=C(C)N=c2s/c(=C\c3ccc(OCc4ccc(Br)cc4)cc3)c(=O)n2[C@H]1c1ccccc1OCC. The van der Waals surface area contributed by atoms with Crippen LogP contribution in [0.25, 0.3) is 6.08 Å². The zero-order chi connectivity index (χ0) is 28.9. The van der Waals surface area contributed by atoms with Gasteiger partial charge in [-0.05, 0) is 68.3 Å². The number of rotatable bonds is 9. The van der Waals surface area contributed by atoms with Gasteiger partial charge < -0.3 is 14.2 Å². The highest BCUT2D eigenvalue weighted by molar-refractivity contribution is 9.10. The van der Waals surface area contributed by atoms with Gasteiger partial charge in [-0.1, -0.05) is 69.7 Å². The first-order valence-electron chi connectivity index (χ1n) is 13.3. The number of para-hydroxylation sites is 1. The molecule has 2 heterocycles. The molecule has 4 aromatic rings. The zero-order valence-corrected chi connectivity index (χ0v) is 25.3. The van der Waals surface area contributed by atoms with E-state index in [-0.39, 0.29) is 12.2 Å². The van der Waals surface area contributed by atoms with Crippen molar-refractivity contribution in [3.8, 4) is 11.5 Å². The summed E-state index contributed by atoms with van der Waals surface area (Å²) in [4.78, 5) is 32.2. The Morgan fingerprint density at radius 1 is 1.00 bits per heavy atom. The number of halogens is 1. The number of aromatic nitrogens is 1. The molecule has 0 saturated heterocycles. The van der Waals surface area contributed by atoms with Gasteiger partial charge in [0.15, 0.2) is 4.80 Å². The van der Waals surface area contributed by atoms with Gasteiger partial charge in [-0.15, -0.1) is 0 Å². The molecule has 7 nitrogen and oxygen atoms in total. The van der Waals surface area contributed by atoms with E-state index in [2.05, 4.69) is 20.9 Å². The van der Waals surface area contributed by atoms with Gasteiger partial charge in [-0.25, -0.2) is 9.79 Å². The minimum Gasteiger partial charge on any atom is -0.494 e. The van der Waals surface area contributed by atoms with Gasteiger partial charge in [0, 0.05) is 10.0 Å². The van der Waals surface area contributed by atoms with Crippen LogP contribution in [-0.2, 0) is 16.1 Å². The molecule has 1 aliphatic rings. The Labute approximate surface area is 250 Å². The van der Waals surface area contributed by atoms with Crippen molar-refractivity contribution in [1.82, 2.24) is 4.57 Å². The molecule has 0 radical (unpaired) electrons. The quantitative estimate of drug-likeness (QED) is 0.226. The third-order valence-corrected chi connectivity index (χ3v) is 8.04. The summed E-state index contributed by atoms with van der Waals surface area (Å²) in [6.07, 6.45) is 1.83. The Hall–Kier alpha value is -3.95. The monoisotopic (exact) mass is 632 g/mol. The van der Waals surface area contributed by atoms with Crippen LogP contribution in [0.15, 0.2) is 98.3 Å². The van der Waals surface area contributed by atoms with Crippen LogP contribution in [-0.4, -0.2) is 23.8 Å². The number of esters is 1. The van der Waals surface area contributed by atoms with E-state index in [1.165, 1.54) is 11.3 Å². The summed E-state index contributed by atoms with van der Waals surface area (Å²) in [5.41, 5.74) is 3.21. The maximum Gasteiger partial charge on any atom is 0.338 e. The lowest BCUT2D eigenvalue weighted by Gasteiger charge is -2.26. The molecule has 41 heavy (non-hydrogen) atoms. The summed E-state index contributed by atoms with van der Waals surface area (Å²) in [6.45, 7) is 6.53. The van der Waals surface area contributed by atoms with E-state index in [1.54, 1.807) is 18.4 Å². The van der Waals surface area contributed by atoms with E-state index >= 15 is 0 Å². The standard InChI is InChI=1S/C32H29BrN2O5S/c1-4-38-26-9-7-6-8-25(26)29-28(31(37)39-5-2)20(3)34-32-35(29)30(36)27(41-32)18-21-12-16-24(17-13-21)40-19-22-10-14-23(33)15-11-22/h6-18,29H,4-5,19H2,1-3H3/b27-18-/t29-/m0/s1. The average molecular weight is 634 g/mol. The summed E-state index contributed by atoms with van der Waals surface area (Å²) in [5, 5.41) is 0. The van der Waals surface area contributed by atoms with Gasteiger partial charge in [0.2, 0.25) is 0 Å². The fourth-order valence-corrected chi connectivity index (χ4v) is 5.95. The summed E-state index contributed by atoms with van der Waals surface area (Å²) >= 11 is 4.73. The topological polar surface area (TPSA) is 79.1 Å². The van der Waals surface area contributed by atoms with Gasteiger partial charge >= 0.3 is 5.97 Å². The van der Waals surface area contributed by atoms with E-state index < -0.39 is 12.0 Å². The number of ether oxygens (including phenoxy) is 3. The van der Waals surface area contributed by atoms with Crippen molar-refractivity contribution in [2.75, 3.05) is 13.2 Å². The van der Waals surface area contributed by atoms with Crippen molar-refractivity contribution < 1.29 is 19.0 Å². The van der Waals surface area contributed by atoms with Crippen LogP contribution in [0.4, 0.5) is 0 Å². The highest BCUT2D eigenvalue weighted by Gasteiger charge is 2.35. The second-order valence-corrected chi connectivity index (χ2v) is 11.2. The number of hydrogen-bond donors (Lipinski definition) is 0. The van der Waals surface area contributed by atoms with Crippen LogP contribution in [0, 0.1) is 0 Å². The fraction of sp³-hybridized carbons (Fsp3) is 0.219. The molecule has 0 saturated carbocycles. The molecule has 0 aliphatic carbocycles. The molecule has 0 bridgehead atoms. The molecule has 3 aromatic carbocycles. The third kappa shape index (κ3) is 6.21. The number of hydrogen-bond acceptors (Lipinski definition) is 7. The summed E-state index contributed by atoms with van der Waals surface area (Å²) < 4.78 is 20.3. The third-order valence-electron chi connectivity index (χ3n) is 6.53. The minimum atomic E-state index is -0.732. The lowest BCUT2D eigenvalue weighted by Crippen LogP contribution is -2.40. The Bertz CT molecular complexity index is 1770. The number of nitrogens with zero attached hydrogens (tertiary/aromatic N) is 2. The molecular formula is C32H29BrN2O5S. The first kappa shape index (κ1) is 28.6. The number of fused-ring (bicyclic) bond motifs is 1. The molecule has 9 heteroatoms. The molecule has 1 aromatic heterocycles. The van der Waals surface area contributed by atoms with Crippen molar-refractivity contribution in [3.05, 3.63) is 125 Å². The number of benzene rings is 3. The second-order valence-electron chi connectivity index (χ2n) is 9.26. The van der Waals surface area contributed by atoms with Crippen LogP contribution in [0.1, 0.15) is 43.5 Å². The highest BCUT2D eigenvalue weighted by Crippen LogP contribution is 2.35. The summed E-state index contributed by atoms with van der Waals surface area (Å²) in [5.74, 6) is 0.830. The predicted octanol–water partition coefficient (Wildman–Crippen LogP) is 5.54. The zero-order valence-electron chi connectivity index (χ0n) is 22.9. The van der Waals surface area contributed by atoms with Crippen LogP contribution >= 0.6 is 27.3 Å². The Balaban J connectivity index is 1.52.